The van der Waals surface area contributed by atoms with E-state index in [1.165, 1.54) is 0 Å². The molecule has 16 heavy (non-hydrogen) atoms. The predicted molar refractivity (Wildman–Crippen MR) is 75.1 cm³/mol. The van der Waals surface area contributed by atoms with Crippen molar-refractivity contribution in [1.82, 2.24) is 0 Å². The van der Waals surface area contributed by atoms with Gasteiger partial charge in [0.1, 0.15) is 14.0 Å². The van der Waals surface area contributed by atoms with E-state index < -0.39 is 8.07 Å². The van der Waals surface area contributed by atoms with Crippen molar-refractivity contribution in [3.8, 4) is 0 Å². The molecule has 0 amide bonds. The molecule has 92 valence electrons. The average molecular weight is 238 g/mol. The normalized spacial score (nSPS) is 12.9. The third-order valence-corrected chi connectivity index (χ3v) is 10.7. The number of rotatable bonds is 5. The van der Waals surface area contributed by atoms with Gasteiger partial charge >= 0.3 is 0 Å². The van der Waals surface area contributed by atoms with Crippen molar-refractivity contribution >= 4 is 14.0 Å². The lowest BCUT2D eigenvalue weighted by atomic mass is 10.5. The molecule has 0 atom stereocenters. The quantitative estimate of drug-likeness (QED) is 0.390. The molecule has 0 N–H and O–H groups in total. The lowest BCUT2D eigenvalue weighted by molar-refractivity contribution is 0.568. The van der Waals surface area contributed by atoms with Crippen LogP contribution in [0.1, 0.15) is 48.5 Å². The van der Waals surface area contributed by atoms with Crippen LogP contribution in [0.15, 0.2) is 17.3 Å². The molecule has 0 aliphatic carbocycles. The summed E-state index contributed by atoms with van der Waals surface area (Å²) in [6, 6.07) is 0. The van der Waals surface area contributed by atoms with Crippen LogP contribution in [-0.2, 0) is 4.79 Å². The van der Waals surface area contributed by atoms with Gasteiger partial charge < -0.3 is 0 Å². The summed E-state index contributed by atoms with van der Waals surface area (Å²) in [4.78, 5) is 11.3. The van der Waals surface area contributed by atoms with Crippen LogP contribution in [-0.4, -0.2) is 14.0 Å². The zero-order chi connectivity index (χ0) is 12.9. The molecule has 0 aliphatic rings. The molecule has 0 spiro atoms. The fraction of sp³-hybridized carbons (Fsp3) is 0.714. The van der Waals surface area contributed by atoms with Gasteiger partial charge in [-0.2, -0.15) is 0 Å². The van der Waals surface area contributed by atoms with Gasteiger partial charge in [-0.1, -0.05) is 53.7 Å². The third-order valence-electron chi connectivity index (χ3n) is 3.78. The van der Waals surface area contributed by atoms with Crippen molar-refractivity contribution in [3.63, 3.8) is 0 Å². The van der Waals surface area contributed by atoms with Crippen molar-refractivity contribution in [2.24, 2.45) is 0 Å². The Bertz CT molecular complexity index is 272. The van der Waals surface area contributed by atoms with Crippen LogP contribution in [0.5, 0.6) is 0 Å². The second-order valence-corrected chi connectivity index (χ2v) is 11.3. The fourth-order valence-corrected chi connectivity index (χ4v) is 9.86. The Morgan fingerprint density at radius 1 is 1.00 bits per heavy atom. The highest BCUT2D eigenvalue weighted by molar-refractivity contribution is 6.91. The highest BCUT2D eigenvalue weighted by Gasteiger charge is 2.45. The summed E-state index contributed by atoms with van der Waals surface area (Å²) in [5.74, 6) is 2.23. The minimum Gasteiger partial charge on any atom is -0.234 e. The van der Waals surface area contributed by atoms with E-state index in [0.29, 0.717) is 16.6 Å². The molecule has 1 nitrogen and oxygen atoms in total. The average Bonchev–Trinajstić information content (AvgIpc) is 2.15. The monoisotopic (exact) mass is 238 g/mol. The lowest BCUT2D eigenvalue weighted by Crippen LogP contribution is -2.46. The molecule has 0 bridgehead atoms. The molecule has 0 saturated carbocycles. The SMILES string of the molecule is C/C=C/C(=C=O)[Si](C(C)C)(C(C)C)C(C)C. The summed E-state index contributed by atoms with van der Waals surface area (Å²) in [6.07, 6.45) is 3.95. The molecule has 0 rings (SSSR count). The second kappa shape index (κ2) is 6.22. The number of allylic oxidation sites excluding steroid dienone is 3. The summed E-state index contributed by atoms with van der Waals surface area (Å²) in [7, 11) is -1.77. The Balaban J connectivity index is 5.79. The van der Waals surface area contributed by atoms with Crippen LogP contribution >= 0.6 is 0 Å². The van der Waals surface area contributed by atoms with Crippen LogP contribution in [0.4, 0.5) is 0 Å². The van der Waals surface area contributed by atoms with E-state index in [0.717, 1.165) is 5.20 Å². The van der Waals surface area contributed by atoms with Gasteiger partial charge in [-0.25, -0.2) is 4.79 Å². The molecular formula is C14H26OSi. The zero-order valence-electron chi connectivity index (χ0n) is 11.8. The summed E-state index contributed by atoms with van der Waals surface area (Å²) >= 11 is 0. The molecule has 0 aromatic carbocycles. The topological polar surface area (TPSA) is 17.1 Å². The Labute approximate surface area is 102 Å². The maximum absolute atomic E-state index is 11.3. The van der Waals surface area contributed by atoms with E-state index in [1.54, 1.807) is 0 Å². The Hall–Kier alpha value is -0.593. The first-order valence-corrected chi connectivity index (χ1v) is 8.47. The van der Waals surface area contributed by atoms with Crippen LogP contribution in [0, 0.1) is 0 Å². The lowest BCUT2D eigenvalue weighted by Gasteiger charge is -2.42. The first-order chi connectivity index (χ1) is 7.35. The van der Waals surface area contributed by atoms with Gasteiger partial charge in [0.25, 0.3) is 0 Å². The van der Waals surface area contributed by atoms with Gasteiger partial charge in [0.2, 0.25) is 0 Å². The molecule has 2 heteroatoms. The van der Waals surface area contributed by atoms with Gasteiger partial charge in [0.15, 0.2) is 0 Å². The molecule has 0 unspecified atom stereocenters. The van der Waals surface area contributed by atoms with Crippen LogP contribution in [0.3, 0.4) is 0 Å². The highest BCUT2D eigenvalue weighted by atomic mass is 28.3. The van der Waals surface area contributed by atoms with Crippen LogP contribution < -0.4 is 0 Å². The van der Waals surface area contributed by atoms with Crippen LogP contribution in [0.25, 0.3) is 0 Å². The first-order valence-electron chi connectivity index (χ1n) is 6.23. The van der Waals surface area contributed by atoms with Crippen molar-refractivity contribution in [3.05, 3.63) is 17.3 Å². The van der Waals surface area contributed by atoms with Gasteiger partial charge in [0.05, 0.1) is 0 Å². The summed E-state index contributed by atoms with van der Waals surface area (Å²) in [5, 5.41) is 0.954. The summed E-state index contributed by atoms with van der Waals surface area (Å²) < 4.78 is 0. The van der Waals surface area contributed by atoms with Crippen molar-refractivity contribution < 1.29 is 4.79 Å². The van der Waals surface area contributed by atoms with E-state index >= 15 is 0 Å². The molecule has 0 aliphatic heterocycles. The Morgan fingerprint density at radius 3 is 1.56 bits per heavy atom. The highest BCUT2D eigenvalue weighted by Crippen LogP contribution is 2.45. The molecule has 0 aromatic heterocycles. The predicted octanol–water partition coefficient (Wildman–Crippen LogP) is 4.54. The molecule has 0 fully saturated rings. The number of hydrogen-bond donors (Lipinski definition) is 0. The second-order valence-electron chi connectivity index (χ2n) is 5.41. The smallest absolute Gasteiger partial charge is 0.123 e. The van der Waals surface area contributed by atoms with E-state index in [1.807, 2.05) is 19.1 Å². The molecule has 0 radical (unpaired) electrons. The Kier molecular flexibility index (Phi) is 5.99. The molecule has 0 aromatic rings. The number of carbonyl (C=O) groups excluding carboxylic acids is 1. The maximum atomic E-state index is 11.3. The summed E-state index contributed by atoms with van der Waals surface area (Å²) in [5.41, 5.74) is 1.71. The van der Waals surface area contributed by atoms with Crippen molar-refractivity contribution in [1.29, 1.82) is 0 Å². The molecular weight excluding hydrogens is 212 g/mol. The summed E-state index contributed by atoms with van der Waals surface area (Å²) in [6.45, 7) is 15.5. The van der Waals surface area contributed by atoms with Crippen LogP contribution in [0.2, 0.25) is 16.6 Å². The number of hydrogen-bond acceptors (Lipinski definition) is 1. The van der Waals surface area contributed by atoms with E-state index in [4.69, 9.17) is 0 Å². The molecule has 0 heterocycles. The van der Waals surface area contributed by atoms with Crippen molar-refractivity contribution in [2.45, 2.75) is 65.1 Å². The molecule has 0 saturated heterocycles. The fourth-order valence-electron chi connectivity index (χ4n) is 3.37. The third kappa shape index (κ3) is 2.56. The Morgan fingerprint density at radius 2 is 1.38 bits per heavy atom. The van der Waals surface area contributed by atoms with E-state index in [-0.39, 0.29) is 0 Å². The first kappa shape index (κ1) is 15.4. The zero-order valence-corrected chi connectivity index (χ0v) is 12.8. The van der Waals surface area contributed by atoms with E-state index in [2.05, 4.69) is 47.5 Å². The largest absolute Gasteiger partial charge is 0.234 e. The van der Waals surface area contributed by atoms with Gasteiger partial charge in [0, 0.05) is 5.20 Å². The maximum Gasteiger partial charge on any atom is 0.123 e. The van der Waals surface area contributed by atoms with Gasteiger partial charge in [-0.3, -0.25) is 0 Å². The van der Waals surface area contributed by atoms with Gasteiger partial charge in [-0.15, -0.1) is 0 Å². The van der Waals surface area contributed by atoms with Crippen molar-refractivity contribution in [2.75, 3.05) is 0 Å². The minimum absolute atomic E-state index is 0.570. The standard InChI is InChI=1S/C14H26OSi/c1-8-9-14(10-15)16(11(2)3,12(4)5)13(6)7/h8-9,11-13H,1-7H3/b9-8+. The minimum atomic E-state index is -1.77. The van der Waals surface area contributed by atoms with Gasteiger partial charge in [-0.05, 0) is 23.5 Å². The van der Waals surface area contributed by atoms with E-state index in [9.17, 15) is 4.79 Å².